The van der Waals surface area contributed by atoms with E-state index in [0.717, 1.165) is 32.5 Å². The Morgan fingerprint density at radius 1 is 0.968 bits per heavy atom. The molecular formula is C19H27NO10S. The Morgan fingerprint density at radius 2 is 1.52 bits per heavy atom. The van der Waals surface area contributed by atoms with E-state index in [0.29, 0.717) is 12.8 Å². The van der Waals surface area contributed by atoms with Crippen molar-refractivity contribution in [2.24, 2.45) is 5.16 Å². The Bertz CT molecular complexity index is 710. The number of nitrogens with zero attached hydrogens (tertiary/aromatic N) is 1. The van der Waals surface area contributed by atoms with E-state index in [9.17, 15) is 24.4 Å². The first kappa shape index (κ1) is 26.4. The van der Waals surface area contributed by atoms with Gasteiger partial charge in [0.1, 0.15) is 23.2 Å². The highest BCUT2D eigenvalue weighted by Crippen LogP contribution is 2.35. The molecule has 1 saturated heterocycles. The van der Waals surface area contributed by atoms with Crippen molar-refractivity contribution in [1.29, 1.82) is 0 Å². The van der Waals surface area contributed by atoms with Crippen LogP contribution >= 0.6 is 11.8 Å². The topological polar surface area (TPSA) is 147 Å². The average Bonchev–Trinajstić information content (AvgIpc) is 2.66. The number of allylic oxidation sites excluding steroid dienone is 1. The van der Waals surface area contributed by atoms with E-state index in [-0.39, 0.29) is 11.7 Å². The van der Waals surface area contributed by atoms with Crippen molar-refractivity contribution in [3.05, 3.63) is 12.7 Å². The summed E-state index contributed by atoms with van der Waals surface area (Å²) in [5, 5.41) is 12.8. The quantitative estimate of drug-likeness (QED) is 0.101. The van der Waals surface area contributed by atoms with E-state index in [4.69, 9.17) is 23.7 Å². The van der Waals surface area contributed by atoms with Gasteiger partial charge < -0.3 is 28.9 Å². The highest BCUT2D eigenvalue weighted by Gasteiger charge is 2.52. The average molecular weight is 461 g/mol. The Hall–Kier alpha value is -2.60. The molecule has 0 aromatic carbocycles. The van der Waals surface area contributed by atoms with Gasteiger partial charge in [-0.3, -0.25) is 19.2 Å². The Morgan fingerprint density at radius 3 is 2.00 bits per heavy atom. The summed E-state index contributed by atoms with van der Waals surface area (Å²) in [7, 11) is 0. The van der Waals surface area contributed by atoms with Gasteiger partial charge in [0, 0.05) is 34.1 Å². The van der Waals surface area contributed by atoms with Crippen LogP contribution in [0.4, 0.5) is 0 Å². The molecule has 31 heavy (non-hydrogen) atoms. The summed E-state index contributed by atoms with van der Waals surface area (Å²) < 4.78 is 26.9. The predicted octanol–water partition coefficient (Wildman–Crippen LogP) is 1.56. The molecule has 0 amide bonds. The largest absolute Gasteiger partial charge is 0.463 e. The van der Waals surface area contributed by atoms with Gasteiger partial charge in [-0.15, -0.1) is 6.58 Å². The number of ether oxygens (including phenoxy) is 5. The molecule has 0 radical (unpaired) electrons. The van der Waals surface area contributed by atoms with E-state index >= 15 is 0 Å². The summed E-state index contributed by atoms with van der Waals surface area (Å²) in [4.78, 5) is 46.5. The number of carbonyl (C=O) groups is 4. The second-order valence-electron chi connectivity index (χ2n) is 6.51. The van der Waals surface area contributed by atoms with Crippen LogP contribution < -0.4 is 0 Å². The van der Waals surface area contributed by atoms with Crippen LogP contribution in [0.2, 0.25) is 0 Å². The fourth-order valence-electron chi connectivity index (χ4n) is 2.78. The molecule has 0 saturated carbocycles. The molecule has 0 aliphatic carbocycles. The van der Waals surface area contributed by atoms with E-state index in [1.54, 1.807) is 6.08 Å². The molecule has 174 valence electrons. The van der Waals surface area contributed by atoms with Crippen molar-refractivity contribution in [3.63, 3.8) is 0 Å². The number of thioether (sulfide) groups is 1. The summed E-state index contributed by atoms with van der Waals surface area (Å²) in [5.41, 5.74) is -1.03. The van der Waals surface area contributed by atoms with Gasteiger partial charge >= 0.3 is 23.9 Å². The Kier molecular flexibility index (Phi) is 11.0. The van der Waals surface area contributed by atoms with Crippen LogP contribution in [0.15, 0.2) is 17.8 Å². The van der Waals surface area contributed by atoms with Crippen molar-refractivity contribution in [2.45, 2.75) is 70.4 Å². The predicted molar refractivity (Wildman–Crippen MR) is 108 cm³/mol. The van der Waals surface area contributed by atoms with Crippen LogP contribution in [0.1, 0.15) is 40.5 Å². The van der Waals surface area contributed by atoms with Gasteiger partial charge in [-0.1, -0.05) is 23.0 Å². The maximum Gasteiger partial charge on any atom is 0.303 e. The van der Waals surface area contributed by atoms with Gasteiger partial charge in [-0.05, 0) is 6.42 Å². The summed E-state index contributed by atoms with van der Waals surface area (Å²) in [6, 6.07) is 0. The smallest absolute Gasteiger partial charge is 0.303 e. The maximum atomic E-state index is 11.8. The van der Waals surface area contributed by atoms with Crippen molar-refractivity contribution in [3.8, 4) is 0 Å². The molecule has 1 aliphatic rings. The Labute approximate surface area is 184 Å². The van der Waals surface area contributed by atoms with Crippen molar-refractivity contribution < 1.29 is 48.1 Å². The molecule has 0 aromatic heterocycles. The number of hydrogen-bond donors (Lipinski definition) is 1. The second-order valence-corrected chi connectivity index (χ2v) is 7.68. The first-order chi connectivity index (χ1) is 14.6. The van der Waals surface area contributed by atoms with Crippen LogP contribution in [0.3, 0.4) is 0 Å². The Balaban J connectivity index is 3.35. The fraction of sp³-hybridized carbons (Fsp3) is 0.632. The minimum atomic E-state index is -1.27. The van der Waals surface area contributed by atoms with Gasteiger partial charge in [0.25, 0.3) is 0 Å². The summed E-state index contributed by atoms with van der Waals surface area (Å²) in [6.45, 7) is 7.89. The monoisotopic (exact) mass is 461 g/mol. The molecule has 5 atom stereocenters. The first-order valence-corrected chi connectivity index (χ1v) is 10.3. The molecule has 1 N–H and O–H groups in total. The summed E-state index contributed by atoms with van der Waals surface area (Å²) in [6.07, 6.45) is -2.33. The van der Waals surface area contributed by atoms with Crippen molar-refractivity contribution in [2.75, 3.05) is 6.61 Å². The summed E-state index contributed by atoms with van der Waals surface area (Å²) >= 11 is 0.926. The van der Waals surface area contributed by atoms with Crippen molar-refractivity contribution in [1.82, 2.24) is 0 Å². The zero-order valence-corrected chi connectivity index (χ0v) is 18.6. The van der Waals surface area contributed by atoms with Gasteiger partial charge in [0.15, 0.2) is 18.3 Å². The molecule has 1 rings (SSSR count). The number of esters is 4. The fourth-order valence-corrected chi connectivity index (χ4v) is 3.87. The standard InChI is InChI=1S/C19H27NO10S/c1-6-7-8-15(20-25)31-19-18(29-13(5)24)17(28-12(4)23)16(27-11(3)22)14(30-19)9-26-10(2)21/h6,14,16-19,25H,1,7-9H2,2-5H3/b20-15-/t14-,16-,17+,18-,19+/m1/s1. The third kappa shape index (κ3) is 8.97. The molecule has 11 nitrogen and oxygen atoms in total. The molecule has 1 heterocycles. The first-order valence-electron chi connectivity index (χ1n) is 9.38. The van der Waals surface area contributed by atoms with Crippen LogP contribution in [-0.2, 0) is 42.9 Å². The lowest BCUT2D eigenvalue weighted by atomic mass is 9.99. The number of rotatable bonds is 9. The molecule has 0 bridgehead atoms. The zero-order chi connectivity index (χ0) is 23.6. The SMILES string of the molecule is C=CCC/C(=N/O)S[C@@H]1O[C@H](COC(C)=O)[C@@H](OC(C)=O)[C@H](OC(C)=O)[C@H]1OC(C)=O. The highest BCUT2D eigenvalue weighted by molar-refractivity contribution is 8.14. The maximum absolute atomic E-state index is 11.8. The van der Waals surface area contributed by atoms with E-state index in [1.807, 2.05) is 0 Å². The molecule has 0 spiro atoms. The van der Waals surface area contributed by atoms with Gasteiger partial charge in [-0.2, -0.15) is 0 Å². The summed E-state index contributed by atoms with van der Waals surface area (Å²) in [5.74, 6) is -2.75. The number of hydrogen-bond acceptors (Lipinski definition) is 12. The van der Waals surface area contributed by atoms with Gasteiger partial charge in [0.05, 0.1) is 0 Å². The molecule has 1 aliphatic heterocycles. The molecule has 0 unspecified atom stereocenters. The third-order valence-electron chi connectivity index (χ3n) is 3.87. The van der Waals surface area contributed by atoms with Crippen LogP contribution in [-0.4, -0.2) is 70.6 Å². The molecular weight excluding hydrogens is 434 g/mol. The van der Waals surface area contributed by atoms with Crippen LogP contribution in [0, 0.1) is 0 Å². The molecule has 12 heteroatoms. The zero-order valence-electron chi connectivity index (χ0n) is 17.8. The highest BCUT2D eigenvalue weighted by atomic mass is 32.2. The lowest BCUT2D eigenvalue weighted by molar-refractivity contribution is -0.237. The van der Waals surface area contributed by atoms with E-state index < -0.39 is 53.7 Å². The van der Waals surface area contributed by atoms with Crippen LogP contribution in [0.25, 0.3) is 0 Å². The number of carbonyl (C=O) groups excluding carboxylic acids is 4. The van der Waals surface area contributed by atoms with Gasteiger partial charge in [0.2, 0.25) is 0 Å². The second kappa shape index (κ2) is 13.0. The normalized spacial score (nSPS) is 25.8. The minimum absolute atomic E-state index is 0.237. The van der Waals surface area contributed by atoms with Crippen LogP contribution in [0.5, 0.6) is 0 Å². The molecule has 1 fully saturated rings. The van der Waals surface area contributed by atoms with Crippen molar-refractivity contribution >= 4 is 40.7 Å². The lowest BCUT2D eigenvalue weighted by Crippen LogP contribution is -2.61. The van der Waals surface area contributed by atoms with E-state index in [2.05, 4.69) is 11.7 Å². The number of oxime groups is 1. The third-order valence-corrected chi connectivity index (χ3v) is 5.04. The lowest BCUT2D eigenvalue weighted by Gasteiger charge is -2.44. The molecule has 0 aromatic rings. The van der Waals surface area contributed by atoms with Gasteiger partial charge in [-0.25, -0.2) is 0 Å². The van der Waals surface area contributed by atoms with E-state index in [1.165, 1.54) is 6.92 Å². The minimum Gasteiger partial charge on any atom is -0.463 e.